The van der Waals surface area contributed by atoms with Gasteiger partial charge in [-0.3, -0.25) is 4.98 Å². The van der Waals surface area contributed by atoms with Gasteiger partial charge < -0.3 is 15.7 Å². The molecule has 0 bridgehead atoms. The summed E-state index contributed by atoms with van der Waals surface area (Å²) in [4.78, 5) is 7.86. The zero-order valence-electron chi connectivity index (χ0n) is 21.1. The number of rotatable bonds is 8. The number of aliphatic hydroxyl groups is 1. The summed E-state index contributed by atoms with van der Waals surface area (Å²) in [5.41, 5.74) is 1.73. The molecule has 0 radical (unpaired) electrons. The molecule has 1 aliphatic carbocycles. The van der Waals surface area contributed by atoms with Crippen LogP contribution >= 0.6 is 11.6 Å². The van der Waals surface area contributed by atoms with Crippen molar-refractivity contribution in [3.05, 3.63) is 100 Å². The van der Waals surface area contributed by atoms with E-state index in [0.29, 0.717) is 52.3 Å². The Morgan fingerprint density at radius 3 is 2.59 bits per heavy atom. The van der Waals surface area contributed by atoms with Crippen molar-refractivity contribution >= 4 is 39.6 Å². The van der Waals surface area contributed by atoms with Crippen LogP contribution in [0, 0.1) is 28.9 Å². The highest BCUT2D eigenvalue weighted by molar-refractivity contribution is 6.32. The lowest BCUT2D eigenvalue weighted by Gasteiger charge is -2.21. The molecule has 1 saturated carbocycles. The lowest BCUT2D eigenvalue weighted by molar-refractivity contribution is 0.124. The van der Waals surface area contributed by atoms with E-state index in [-0.39, 0.29) is 16.9 Å². The summed E-state index contributed by atoms with van der Waals surface area (Å²) in [7, 11) is 0. The van der Waals surface area contributed by atoms with Crippen molar-refractivity contribution in [1.29, 1.82) is 5.26 Å². The molecule has 9 nitrogen and oxygen atoms in total. The molecule has 6 rings (SSSR count). The minimum atomic E-state index is -1.25. The lowest BCUT2D eigenvalue weighted by atomic mass is 10.0. The molecule has 41 heavy (non-hydrogen) atoms. The molecule has 1 aliphatic rings. The zero-order valence-corrected chi connectivity index (χ0v) is 21.9. The smallest absolute Gasteiger partial charge is 0.249 e. The van der Waals surface area contributed by atoms with Crippen molar-refractivity contribution < 1.29 is 18.3 Å². The van der Waals surface area contributed by atoms with E-state index in [4.69, 9.17) is 11.6 Å². The maximum absolute atomic E-state index is 13.9. The Morgan fingerprint density at radius 1 is 1.10 bits per heavy atom. The normalized spacial score (nSPS) is 14.4. The van der Waals surface area contributed by atoms with E-state index in [1.54, 1.807) is 35.1 Å². The topological polar surface area (TPSA) is 125 Å². The summed E-state index contributed by atoms with van der Waals surface area (Å²) in [5.74, 6) is -2.81. The number of fused-ring (bicyclic) bond motifs is 1. The monoisotopic (exact) mass is 576 g/mol. The van der Waals surface area contributed by atoms with Gasteiger partial charge in [-0.1, -0.05) is 28.9 Å². The molecule has 0 amide bonds. The van der Waals surface area contributed by atoms with Crippen LogP contribution in [0.2, 0.25) is 5.02 Å². The van der Waals surface area contributed by atoms with Crippen LogP contribution in [0.15, 0.2) is 61.1 Å². The van der Waals surface area contributed by atoms with Gasteiger partial charge in [-0.2, -0.15) is 9.65 Å². The van der Waals surface area contributed by atoms with Crippen molar-refractivity contribution in [2.45, 2.75) is 31.0 Å². The highest BCUT2D eigenvalue weighted by Crippen LogP contribution is 2.38. The van der Waals surface area contributed by atoms with E-state index in [1.807, 2.05) is 6.07 Å². The first-order valence-electron chi connectivity index (χ1n) is 12.5. The minimum Gasteiger partial charge on any atom is -0.388 e. The van der Waals surface area contributed by atoms with Gasteiger partial charge in [0.2, 0.25) is 5.95 Å². The van der Waals surface area contributed by atoms with Gasteiger partial charge in [-0.25, -0.2) is 18.4 Å². The average Bonchev–Trinajstić information content (AvgIpc) is 3.50. The molecular weight excluding hydrogens is 557 g/mol. The van der Waals surface area contributed by atoms with Crippen molar-refractivity contribution in [3.63, 3.8) is 0 Å². The van der Waals surface area contributed by atoms with Gasteiger partial charge in [0.05, 0.1) is 58.7 Å². The first kappa shape index (κ1) is 26.5. The molecule has 5 aromatic rings. The molecule has 0 aliphatic heterocycles. The molecule has 3 N–H and O–H groups in total. The van der Waals surface area contributed by atoms with E-state index in [1.165, 1.54) is 18.3 Å². The molecule has 206 valence electrons. The Hall–Kier alpha value is -4.73. The van der Waals surface area contributed by atoms with Crippen LogP contribution in [0.3, 0.4) is 0 Å². The Bertz CT molecular complexity index is 1820. The molecule has 0 unspecified atom stereocenters. The number of anilines is 3. The Labute approximate surface area is 236 Å². The maximum atomic E-state index is 13.9. The lowest BCUT2D eigenvalue weighted by Crippen LogP contribution is -2.17. The number of hydrogen-bond acceptors (Lipinski definition) is 8. The van der Waals surface area contributed by atoms with Crippen LogP contribution in [-0.2, 0) is 6.54 Å². The van der Waals surface area contributed by atoms with Crippen LogP contribution < -0.4 is 10.6 Å². The number of hydrogen-bond donors (Lipinski definition) is 3. The quantitative estimate of drug-likeness (QED) is 0.203. The van der Waals surface area contributed by atoms with Gasteiger partial charge in [0, 0.05) is 22.7 Å². The van der Waals surface area contributed by atoms with E-state index in [9.17, 15) is 23.5 Å². The largest absolute Gasteiger partial charge is 0.388 e. The summed E-state index contributed by atoms with van der Waals surface area (Å²) in [6, 6.07) is 11.4. The molecule has 13 heteroatoms. The van der Waals surface area contributed by atoms with Gasteiger partial charge in [0.25, 0.3) is 0 Å². The number of nitrogens with zero attached hydrogens (tertiary/aromatic N) is 6. The van der Waals surface area contributed by atoms with Crippen LogP contribution in [0.1, 0.15) is 35.7 Å². The van der Waals surface area contributed by atoms with Crippen LogP contribution in [-0.4, -0.2) is 35.7 Å². The first-order valence-corrected chi connectivity index (χ1v) is 12.8. The predicted octanol–water partition coefficient (Wildman–Crippen LogP) is 5.63. The van der Waals surface area contributed by atoms with Gasteiger partial charge in [0.1, 0.15) is 17.6 Å². The number of pyridine rings is 2. The Morgan fingerprint density at radius 2 is 1.88 bits per heavy atom. The van der Waals surface area contributed by atoms with Crippen LogP contribution in [0.4, 0.5) is 30.2 Å². The van der Waals surface area contributed by atoms with Crippen molar-refractivity contribution in [2.75, 3.05) is 10.6 Å². The molecule has 3 aromatic heterocycles. The van der Waals surface area contributed by atoms with Crippen molar-refractivity contribution in [3.8, 4) is 6.07 Å². The summed E-state index contributed by atoms with van der Waals surface area (Å²) in [6.07, 6.45) is 5.51. The standard InChI is InChI=1S/C28H20ClF3N8O/c29-17-7-20-24(36-19-9-21(31)27(32)35-12-19)16(10-33)11-34-26(20)22(8-17)37-25(15-1-3-18(30)4-2-15)23-13-40(39-38-23)14-28(41)5-6-28/h1-4,7-9,11-13,25,37,41H,5-6,14H2,(H,34,36)/t25-/m0/s1. The highest BCUT2D eigenvalue weighted by Gasteiger charge is 2.41. The third-order valence-electron chi connectivity index (χ3n) is 6.76. The van der Waals surface area contributed by atoms with Gasteiger partial charge in [-0.15, -0.1) is 5.10 Å². The zero-order chi connectivity index (χ0) is 28.7. The fraction of sp³-hybridized carbons (Fsp3) is 0.179. The second kappa shape index (κ2) is 10.3. The first-order chi connectivity index (χ1) is 19.7. The Kier molecular flexibility index (Phi) is 6.69. The summed E-state index contributed by atoms with van der Waals surface area (Å²) >= 11 is 6.51. The second-order valence-electron chi connectivity index (χ2n) is 9.82. The van der Waals surface area contributed by atoms with Crippen molar-refractivity contribution in [1.82, 2.24) is 25.0 Å². The number of benzene rings is 2. The molecule has 1 atom stereocenters. The van der Waals surface area contributed by atoms with Crippen LogP contribution in [0.5, 0.6) is 0 Å². The molecule has 0 saturated heterocycles. The minimum absolute atomic E-state index is 0.112. The Balaban J connectivity index is 1.43. The molecule has 0 spiro atoms. The second-order valence-corrected chi connectivity index (χ2v) is 10.3. The fourth-order valence-electron chi connectivity index (χ4n) is 4.50. The van der Waals surface area contributed by atoms with Gasteiger partial charge >= 0.3 is 0 Å². The predicted molar refractivity (Wildman–Crippen MR) is 145 cm³/mol. The number of nitriles is 1. The SMILES string of the molecule is N#Cc1cnc2c(N[C@@H](c3ccc(F)cc3)c3cn(CC4(O)CC4)nn3)cc(Cl)cc2c1Nc1cnc(F)c(F)c1. The van der Waals surface area contributed by atoms with Gasteiger partial charge in [-0.05, 0) is 42.7 Å². The van der Waals surface area contributed by atoms with Crippen molar-refractivity contribution in [2.24, 2.45) is 0 Å². The summed E-state index contributed by atoms with van der Waals surface area (Å²) in [5, 5.41) is 35.6. The molecule has 2 aromatic carbocycles. The van der Waals surface area contributed by atoms with E-state index in [2.05, 4.69) is 30.9 Å². The molecule has 1 fully saturated rings. The maximum Gasteiger partial charge on any atom is 0.249 e. The number of halogens is 4. The van der Waals surface area contributed by atoms with Crippen LogP contribution in [0.25, 0.3) is 10.9 Å². The number of nitrogens with one attached hydrogen (secondary N) is 2. The van der Waals surface area contributed by atoms with E-state index in [0.717, 1.165) is 12.3 Å². The van der Waals surface area contributed by atoms with E-state index >= 15 is 0 Å². The summed E-state index contributed by atoms with van der Waals surface area (Å²) < 4.78 is 42.6. The third-order valence-corrected chi connectivity index (χ3v) is 6.98. The molecular formula is C28H20ClF3N8O. The highest BCUT2D eigenvalue weighted by atomic mass is 35.5. The number of aromatic nitrogens is 5. The fourth-order valence-corrected chi connectivity index (χ4v) is 4.71. The molecule has 3 heterocycles. The van der Waals surface area contributed by atoms with E-state index < -0.39 is 29.2 Å². The third kappa shape index (κ3) is 5.50. The van der Waals surface area contributed by atoms with Gasteiger partial charge in [0.15, 0.2) is 5.82 Å². The average molecular weight is 577 g/mol. The summed E-state index contributed by atoms with van der Waals surface area (Å²) in [6.45, 7) is 0.294.